The van der Waals surface area contributed by atoms with Gasteiger partial charge in [-0.3, -0.25) is 4.57 Å². The molecule has 1 aromatic heterocycles. The van der Waals surface area contributed by atoms with Gasteiger partial charge in [-0.1, -0.05) is 24.4 Å². The number of fused-ring (bicyclic) bond motifs is 1. The average Bonchev–Trinajstić information content (AvgIpc) is 2.63. The molecule has 2 heterocycles. The highest BCUT2D eigenvalue weighted by molar-refractivity contribution is 6.31. The van der Waals surface area contributed by atoms with Crippen LogP contribution in [-0.2, 0) is 6.54 Å². The maximum absolute atomic E-state index is 11.9. The fourth-order valence-electron chi connectivity index (χ4n) is 2.85. The summed E-state index contributed by atoms with van der Waals surface area (Å²) in [5, 5.41) is 0.627. The van der Waals surface area contributed by atoms with E-state index in [0.29, 0.717) is 17.2 Å². The Hall–Kier alpha value is -1.26. The van der Waals surface area contributed by atoms with Crippen LogP contribution >= 0.6 is 11.6 Å². The second-order valence-electron chi connectivity index (χ2n) is 5.39. The fourth-order valence-corrected chi connectivity index (χ4v) is 3.01. The van der Waals surface area contributed by atoms with Crippen LogP contribution in [0.5, 0.6) is 0 Å². The summed E-state index contributed by atoms with van der Waals surface area (Å²) in [6, 6.07) is 5.29. The van der Waals surface area contributed by atoms with Crippen LogP contribution in [0.4, 0.5) is 0 Å². The third kappa shape index (κ3) is 2.91. The molecule has 0 spiro atoms. The Labute approximate surface area is 122 Å². The van der Waals surface area contributed by atoms with Crippen LogP contribution in [0, 0.1) is 0 Å². The molecule has 108 valence electrons. The van der Waals surface area contributed by atoms with Gasteiger partial charge in [0.2, 0.25) is 0 Å². The second kappa shape index (κ2) is 6.02. The molecule has 2 aromatic rings. The van der Waals surface area contributed by atoms with Crippen LogP contribution in [0.1, 0.15) is 25.7 Å². The lowest BCUT2D eigenvalue weighted by Gasteiger charge is -2.19. The van der Waals surface area contributed by atoms with Crippen molar-refractivity contribution >= 4 is 22.7 Å². The van der Waals surface area contributed by atoms with Crippen molar-refractivity contribution in [1.29, 1.82) is 0 Å². The highest BCUT2D eigenvalue weighted by atomic mass is 35.5. The van der Waals surface area contributed by atoms with Crippen LogP contribution in [0.25, 0.3) is 11.1 Å². The first-order valence-electron chi connectivity index (χ1n) is 7.25. The zero-order valence-corrected chi connectivity index (χ0v) is 12.2. The van der Waals surface area contributed by atoms with Crippen molar-refractivity contribution < 1.29 is 4.42 Å². The highest BCUT2D eigenvalue weighted by Gasteiger charge is 2.13. The molecule has 5 heteroatoms. The van der Waals surface area contributed by atoms with Gasteiger partial charge in [0.05, 0.1) is 5.52 Å². The van der Waals surface area contributed by atoms with Crippen molar-refractivity contribution in [2.24, 2.45) is 0 Å². The number of benzene rings is 1. The number of oxazole rings is 1. The average molecular weight is 295 g/mol. The van der Waals surface area contributed by atoms with Crippen LogP contribution in [0.2, 0.25) is 5.02 Å². The van der Waals surface area contributed by atoms with E-state index >= 15 is 0 Å². The summed E-state index contributed by atoms with van der Waals surface area (Å²) in [4.78, 5) is 14.4. The van der Waals surface area contributed by atoms with Gasteiger partial charge >= 0.3 is 5.76 Å². The first kappa shape index (κ1) is 13.7. The Balaban J connectivity index is 1.78. The molecular weight excluding hydrogens is 276 g/mol. The molecule has 0 N–H and O–H groups in total. The molecule has 1 aromatic carbocycles. The van der Waals surface area contributed by atoms with Gasteiger partial charge < -0.3 is 9.32 Å². The summed E-state index contributed by atoms with van der Waals surface area (Å²) in [6.45, 7) is 3.81. The predicted molar refractivity (Wildman–Crippen MR) is 80.4 cm³/mol. The Morgan fingerprint density at radius 1 is 1.10 bits per heavy atom. The summed E-state index contributed by atoms with van der Waals surface area (Å²) < 4.78 is 6.94. The topological polar surface area (TPSA) is 38.4 Å². The minimum atomic E-state index is -0.294. The normalized spacial score (nSPS) is 17.4. The van der Waals surface area contributed by atoms with Crippen molar-refractivity contribution in [3.05, 3.63) is 33.8 Å². The Morgan fingerprint density at radius 2 is 1.85 bits per heavy atom. The maximum Gasteiger partial charge on any atom is 0.419 e. The molecule has 1 saturated heterocycles. The number of hydrogen-bond acceptors (Lipinski definition) is 3. The lowest BCUT2D eigenvalue weighted by molar-refractivity contribution is 0.271. The van der Waals surface area contributed by atoms with E-state index in [-0.39, 0.29) is 5.76 Å². The zero-order valence-electron chi connectivity index (χ0n) is 11.5. The van der Waals surface area contributed by atoms with E-state index in [1.807, 2.05) is 0 Å². The zero-order chi connectivity index (χ0) is 13.9. The third-order valence-electron chi connectivity index (χ3n) is 3.97. The van der Waals surface area contributed by atoms with Crippen LogP contribution in [0.3, 0.4) is 0 Å². The molecular formula is C15H19ClN2O2. The minimum Gasteiger partial charge on any atom is -0.408 e. The van der Waals surface area contributed by atoms with E-state index in [1.54, 1.807) is 22.8 Å². The molecule has 0 bridgehead atoms. The molecule has 1 aliphatic heterocycles. The third-order valence-corrected chi connectivity index (χ3v) is 4.20. The van der Waals surface area contributed by atoms with Gasteiger partial charge in [-0.2, -0.15) is 0 Å². The van der Waals surface area contributed by atoms with Gasteiger partial charge in [0.1, 0.15) is 0 Å². The molecule has 1 aliphatic rings. The lowest BCUT2D eigenvalue weighted by Crippen LogP contribution is -2.30. The Bertz CT molecular complexity index is 639. The smallest absolute Gasteiger partial charge is 0.408 e. The van der Waals surface area contributed by atoms with Gasteiger partial charge in [-0.25, -0.2) is 4.79 Å². The number of nitrogens with zero attached hydrogens (tertiary/aromatic N) is 2. The molecule has 20 heavy (non-hydrogen) atoms. The predicted octanol–water partition coefficient (Wildman–Crippen LogP) is 3.12. The number of halogens is 1. The Kier molecular flexibility index (Phi) is 4.13. The number of hydrogen-bond donors (Lipinski definition) is 0. The molecule has 0 amide bonds. The summed E-state index contributed by atoms with van der Waals surface area (Å²) in [5.41, 5.74) is 1.40. The van der Waals surface area contributed by atoms with Crippen molar-refractivity contribution in [2.45, 2.75) is 32.2 Å². The van der Waals surface area contributed by atoms with E-state index in [2.05, 4.69) is 4.90 Å². The summed E-state index contributed by atoms with van der Waals surface area (Å²) in [6.07, 6.45) is 5.15. The van der Waals surface area contributed by atoms with Gasteiger partial charge in [0.15, 0.2) is 5.58 Å². The van der Waals surface area contributed by atoms with Crippen LogP contribution < -0.4 is 5.76 Å². The Morgan fingerprint density at radius 3 is 2.60 bits per heavy atom. The molecule has 0 saturated carbocycles. The number of likely N-dealkylation sites (tertiary alicyclic amines) is 1. The molecule has 4 nitrogen and oxygen atoms in total. The maximum atomic E-state index is 11.9. The molecule has 0 radical (unpaired) electrons. The standard InChI is InChI=1S/C15H19ClN2O2/c16-12-5-6-14-13(11-12)18(15(19)20-14)10-9-17-7-3-1-2-4-8-17/h5-6,11H,1-4,7-10H2. The van der Waals surface area contributed by atoms with Gasteiger partial charge in [-0.05, 0) is 44.1 Å². The van der Waals surface area contributed by atoms with Crippen molar-refractivity contribution in [1.82, 2.24) is 9.47 Å². The number of rotatable bonds is 3. The molecule has 3 rings (SSSR count). The van der Waals surface area contributed by atoms with Gasteiger partial charge in [0.25, 0.3) is 0 Å². The first-order chi connectivity index (χ1) is 9.74. The van der Waals surface area contributed by atoms with Crippen molar-refractivity contribution in [3.8, 4) is 0 Å². The largest absolute Gasteiger partial charge is 0.419 e. The first-order valence-corrected chi connectivity index (χ1v) is 7.63. The summed E-state index contributed by atoms with van der Waals surface area (Å²) in [5.74, 6) is -0.294. The lowest BCUT2D eigenvalue weighted by atomic mass is 10.2. The van der Waals surface area contributed by atoms with E-state index in [0.717, 1.165) is 25.2 Å². The molecule has 0 aliphatic carbocycles. The molecule has 0 unspecified atom stereocenters. The quantitative estimate of drug-likeness (QED) is 0.873. The monoisotopic (exact) mass is 294 g/mol. The molecule has 1 fully saturated rings. The molecule has 0 atom stereocenters. The van der Waals surface area contributed by atoms with Gasteiger partial charge in [-0.15, -0.1) is 0 Å². The van der Waals surface area contributed by atoms with Gasteiger partial charge in [0, 0.05) is 18.1 Å². The SMILES string of the molecule is O=c1oc2ccc(Cl)cc2n1CCN1CCCCCC1. The summed E-state index contributed by atoms with van der Waals surface area (Å²) >= 11 is 6.00. The second-order valence-corrected chi connectivity index (χ2v) is 5.82. The highest BCUT2D eigenvalue weighted by Crippen LogP contribution is 2.18. The number of aromatic nitrogens is 1. The van der Waals surface area contributed by atoms with E-state index in [4.69, 9.17) is 16.0 Å². The summed E-state index contributed by atoms with van der Waals surface area (Å²) in [7, 11) is 0. The van der Waals surface area contributed by atoms with Crippen LogP contribution in [-0.4, -0.2) is 29.1 Å². The van der Waals surface area contributed by atoms with E-state index in [1.165, 1.54) is 25.7 Å². The van der Waals surface area contributed by atoms with E-state index in [9.17, 15) is 4.79 Å². The van der Waals surface area contributed by atoms with E-state index < -0.39 is 0 Å². The fraction of sp³-hybridized carbons (Fsp3) is 0.533. The minimum absolute atomic E-state index is 0.294. The van der Waals surface area contributed by atoms with Crippen molar-refractivity contribution in [3.63, 3.8) is 0 Å². The van der Waals surface area contributed by atoms with Crippen LogP contribution in [0.15, 0.2) is 27.4 Å². The van der Waals surface area contributed by atoms with Crippen molar-refractivity contribution in [2.75, 3.05) is 19.6 Å².